The third-order valence-electron chi connectivity index (χ3n) is 4.03. The van der Waals surface area contributed by atoms with Crippen molar-refractivity contribution in [1.29, 1.82) is 0 Å². The Morgan fingerprint density at radius 3 is 1.96 bits per heavy atom. The summed E-state index contributed by atoms with van der Waals surface area (Å²) in [4.78, 5) is 0. The first-order valence-corrected chi connectivity index (χ1v) is 7.05. The lowest BCUT2D eigenvalue weighted by Crippen LogP contribution is -2.61. The van der Waals surface area contributed by atoms with E-state index in [9.17, 15) is 30.6 Å². The van der Waals surface area contributed by atoms with E-state index in [-0.39, 0.29) is 0 Å². The molecule has 0 bridgehead atoms. The Morgan fingerprint density at radius 1 is 0.826 bits per heavy atom. The Balaban J connectivity index is 2.15. The molecule has 2 heterocycles. The molecular weight excluding hydrogens is 320 g/mol. The normalized spacial score (nSPS) is 51.1. The fourth-order valence-corrected chi connectivity index (χ4v) is 2.64. The molecule has 11 heteroatoms. The highest BCUT2D eigenvalue weighted by atomic mass is 16.7. The molecule has 0 saturated carbocycles. The van der Waals surface area contributed by atoms with Gasteiger partial charge in [-0.25, -0.2) is 0 Å². The number of rotatable bonds is 5. The molecule has 2 saturated heterocycles. The van der Waals surface area contributed by atoms with E-state index >= 15 is 0 Å². The van der Waals surface area contributed by atoms with Crippen LogP contribution in [0, 0.1) is 0 Å². The van der Waals surface area contributed by atoms with Crippen molar-refractivity contribution in [3.8, 4) is 0 Å². The zero-order valence-corrected chi connectivity index (χ0v) is 12.0. The average molecular weight is 342 g/mol. The van der Waals surface area contributed by atoms with E-state index in [1.165, 1.54) is 0 Å². The number of ether oxygens (including phenoxy) is 3. The summed E-state index contributed by atoms with van der Waals surface area (Å²) in [6.45, 7) is -2.33. The van der Waals surface area contributed by atoms with Crippen molar-refractivity contribution in [2.24, 2.45) is 0 Å². The molecule has 2 fully saturated rings. The zero-order chi connectivity index (χ0) is 17.4. The minimum Gasteiger partial charge on any atom is -0.394 e. The second-order valence-electron chi connectivity index (χ2n) is 5.59. The molecule has 0 aromatic heterocycles. The number of hydrogen-bond donors (Lipinski definition) is 8. The first-order chi connectivity index (χ1) is 10.8. The molecule has 0 spiro atoms. The van der Waals surface area contributed by atoms with Crippen LogP contribution in [0.4, 0.5) is 0 Å². The van der Waals surface area contributed by atoms with E-state index in [2.05, 4.69) is 0 Å². The standard InChI is InChI=1S/C12H22O11/c13-1-4-6(16)8(18)9(19)11(21-4)22-10-7(17)5(2-14)23-12(10,20)3-15/h4-11,13-20H,1-3H2. The molecule has 2 aliphatic rings. The number of aliphatic hydroxyl groups is 8. The molecule has 11 nitrogen and oxygen atoms in total. The zero-order valence-electron chi connectivity index (χ0n) is 12.0. The Hall–Kier alpha value is -0.440. The monoisotopic (exact) mass is 342 g/mol. The molecule has 0 aromatic rings. The van der Waals surface area contributed by atoms with Crippen LogP contribution in [-0.4, -0.2) is 115 Å². The highest BCUT2D eigenvalue weighted by Gasteiger charge is 2.57. The van der Waals surface area contributed by atoms with Crippen molar-refractivity contribution in [2.75, 3.05) is 19.8 Å². The third kappa shape index (κ3) is 3.36. The van der Waals surface area contributed by atoms with Gasteiger partial charge in [0, 0.05) is 0 Å². The lowest BCUT2D eigenvalue weighted by atomic mass is 9.99. The van der Waals surface area contributed by atoms with Crippen LogP contribution in [0.3, 0.4) is 0 Å². The summed E-state index contributed by atoms with van der Waals surface area (Å²) in [5.41, 5.74) is 0. The van der Waals surface area contributed by atoms with E-state index < -0.39 is 74.6 Å². The Labute approximate surface area is 130 Å². The summed E-state index contributed by atoms with van der Waals surface area (Å²) < 4.78 is 15.2. The first-order valence-electron chi connectivity index (χ1n) is 7.05. The molecule has 0 amide bonds. The molecule has 2 aliphatic heterocycles. The van der Waals surface area contributed by atoms with E-state index in [0.717, 1.165) is 0 Å². The highest BCUT2D eigenvalue weighted by Crippen LogP contribution is 2.34. The third-order valence-corrected chi connectivity index (χ3v) is 4.03. The molecule has 0 aromatic carbocycles. The SMILES string of the molecule is OCC1OC(OC2C(O)C(CO)OC2(O)CO)C(O)C(O)C1O. The molecule has 136 valence electrons. The van der Waals surface area contributed by atoms with Crippen molar-refractivity contribution in [2.45, 2.75) is 54.8 Å². The van der Waals surface area contributed by atoms with Crippen molar-refractivity contribution < 1.29 is 55.1 Å². The molecule has 9 atom stereocenters. The summed E-state index contributed by atoms with van der Waals surface area (Å²) in [6, 6.07) is 0. The maximum absolute atomic E-state index is 10.1. The van der Waals surface area contributed by atoms with Gasteiger partial charge in [0.1, 0.15) is 42.7 Å². The average Bonchev–Trinajstić information content (AvgIpc) is 2.79. The summed E-state index contributed by atoms with van der Waals surface area (Å²) in [5.74, 6) is -2.37. The smallest absolute Gasteiger partial charge is 0.219 e. The van der Waals surface area contributed by atoms with E-state index in [1.807, 2.05) is 0 Å². The Kier molecular flexibility index (Phi) is 5.92. The topological polar surface area (TPSA) is 190 Å². The molecule has 23 heavy (non-hydrogen) atoms. The van der Waals surface area contributed by atoms with Crippen molar-refractivity contribution in [3.05, 3.63) is 0 Å². The lowest BCUT2D eigenvalue weighted by molar-refractivity contribution is -0.342. The van der Waals surface area contributed by atoms with E-state index in [1.54, 1.807) is 0 Å². The maximum atomic E-state index is 10.1. The fraction of sp³-hybridized carbons (Fsp3) is 1.00. The number of aliphatic hydroxyl groups excluding tert-OH is 7. The van der Waals surface area contributed by atoms with Gasteiger partial charge in [0.2, 0.25) is 5.79 Å². The molecular formula is C12H22O11. The molecule has 0 aliphatic carbocycles. The quantitative estimate of drug-likeness (QED) is 0.238. The molecule has 8 N–H and O–H groups in total. The van der Waals surface area contributed by atoms with Crippen molar-refractivity contribution in [1.82, 2.24) is 0 Å². The van der Waals surface area contributed by atoms with Crippen LogP contribution >= 0.6 is 0 Å². The Bertz CT molecular complexity index is 393. The second kappa shape index (κ2) is 7.21. The van der Waals surface area contributed by atoms with Gasteiger partial charge in [-0.15, -0.1) is 0 Å². The molecule has 9 unspecified atom stereocenters. The van der Waals surface area contributed by atoms with Gasteiger partial charge in [0.15, 0.2) is 6.29 Å². The number of hydrogen-bond acceptors (Lipinski definition) is 11. The van der Waals surface area contributed by atoms with Crippen molar-refractivity contribution in [3.63, 3.8) is 0 Å². The van der Waals surface area contributed by atoms with Gasteiger partial charge >= 0.3 is 0 Å². The highest BCUT2D eigenvalue weighted by molar-refractivity contribution is 4.98. The maximum Gasteiger partial charge on any atom is 0.219 e. The van der Waals surface area contributed by atoms with Crippen LogP contribution < -0.4 is 0 Å². The minimum atomic E-state index is -2.37. The minimum absolute atomic E-state index is 0.669. The van der Waals surface area contributed by atoms with Crippen LogP contribution in [0.2, 0.25) is 0 Å². The molecule has 2 rings (SSSR count). The van der Waals surface area contributed by atoms with Crippen LogP contribution in [0.15, 0.2) is 0 Å². The van der Waals surface area contributed by atoms with Gasteiger partial charge in [-0.1, -0.05) is 0 Å². The lowest BCUT2D eigenvalue weighted by Gasteiger charge is -2.41. The van der Waals surface area contributed by atoms with Gasteiger partial charge in [0.25, 0.3) is 0 Å². The second-order valence-corrected chi connectivity index (χ2v) is 5.59. The predicted molar refractivity (Wildman–Crippen MR) is 68.6 cm³/mol. The van der Waals surface area contributed by atoms with Gasteiger partial charge < -0.3 is 55.1 Å². The van der Waals surface area contributed by atoms with Gasteiger partial charge in [-0.3, -0.25) is 0 Å². The summed E-state index contributed by atoms with van der Waals surface area (Å²) in [5, 5.41) is 76.7. The van der Waals surface area contributed by atoms with Crippen molar-refractivity contribution >= 4 is 0 Å². The largest absolute Gasteiger partial charge is 0.394 e. The predicted octanol–water partition coefficient (Wildman–Crippen LogP) is -5.40. The van der Waals surface area contributed by atoms with Crippen LogP contribution in [0.25, 0.3) is 0 Å². The van der Waals surface area contributed by atoms with Gasteiger partial charge in [0.05, 0.1) is 19.8 Å². The van der Waals surface area contributed by atoms with Gasteiger partial charge in [-0.2, -0.15) is 0 Å². The Morgan fingerprint density at radius 2 is 1.43 bits per heavy atom. The van der Waals surface area contributed by atoms with Crippen LogP contribution in [-0.2, 0) is 14.2 Å². The summed E-state index contributed by atoms with van der Waals surface area (Å²) in [7, 11) is 0. The van der Waals surface area contributed by atoms with E-state index in [4.69, 9.17) is 24.4 Å². The fourth-order valence-electron chi connectivity index (χ4n) is 2.64. The van der Waals surface area contributed by atoms with Crippen LogP contribution in [0.1, 0.15) is 0 Å². The molecule has 0 radical (unpaired) electrons. The van der Waals surface area contributed by atoms with E-state index in [0.29, 0.717) is 0 Å². The summed E-state index contributed by atoms with van der Waals surface area (Å²) >= 11 is 0. The summed E-state index contributed by atoms with van der Waals surface area (Å²) in [6.07, 6.45) is -12.4. The van der Waals surface area contributed by atoms with Gasteiger partial charge in [-0.05, 0) is 0 Å². The van der Waals surface area contributed by atoms with Crippen LogP contribution in [0.5, 0.6) is 0 Å². The first kappa shape index (κ1) is 18.9.